The van der Waals surface area contributed by atoms with E-state index in [0.717, 1.165) is 17.7 Å². The fourth-order valence-corrected chi connectivity index (χ4v) is 4.38. The van der Waals surface area contributed by atoms with E-state index < -0.39 is 0 Å². The molecule has 33 heavy (non-hydrogen) atoms. The lowest BCUT2D eigenvalue weighted by molar-refractivity contribution is -0.134. The van der Waals surface area contributed by atoms with Crippen LogP contribution in [0.1, 0.15) is 28.3 Å². The molecule has 2 atom stereocenters. The highest BCUT2D eigenvalue weighted by molar-refractivity contribution is 5.94. The lowest BCUT2D eigenvalue weighted by atomic mass is 10.1. The standard InChI is InChI=1S/C27H25FN2O3/c28-21-10-6-19(7-11-21)24-18-25(24)27(32)30-16-14-29(15-17-30)26(31)20-8-12-23(13-9-20)33-22-4-2-1-3-5-22/h1-13,24-25H,14-18H2. The Labute approximate surface area is 192 Å². The maximum atomic E-state index is 13.1. The molecule has 2 fully saturated rings. The fourth-order valence-electron chi connectivity index (χ4n) is 4.38. The molecule has 1 aliphatic heterocycles. The van der Waals surface area contributed by atoms with Crippen LogP contribution in [0.15, 0.2) is 78.9 Å². The highest BCUT2D eigenvalue weighted by atomic mass is 19.1. The number of ether oxygens (including phenoxy) is 1. The molecule has 3 aromatic rings. The first-order valence-corrected chi connectivity index (χ1v) is 11.2. The monoisotopic (exact) mass is 444 g/mol. The van der Waals surface area contributed by atoms with Crippen LogP contribution >= 0.6 is 0 Å². The Balaban J connectivity index is 1.13. The van der Waals surface area contributed by atoms with E-state index in [4.69, 9.17) is 4.74 Å². The van der Waals surface area contributed by atoms with Gasteiger partial charge in [-0.3, -0.25) is 9.59 Å². The summed E-state index contributed by atoms with van der Waals surface area (Å²) in [7, 11) is 0. The highest BCUT2D eigenvalue weighted by Gasteiger charge is 2.46. The van der Waals surface area contributed by atoms with Crippen LogP contribution in [0.2, 0.25) is 0 Å². The lowest BCUT2D eigenvalue weighted by Crippen LogP contribution is -2.51. The molecular weight excluding hydrogens is 419 g/mol. The van der Waals surface area contributed by atoms with E-state index in [1.807, 2.05) is 35.2 Å². The van der Waals surface area contributed by atoms with Gasteiger partial charge in [0, 0.05) is 37.7 Å². The summed E-state index contributed by atoms with van der Waals surface area (Å²) in [6.45, 7) is 2.10. The van der Waals surface area contributed by atoms with Gasteiger partial charge in [0.05, 0.1) is 0 Å². The number of carbonyl (C=O) groups excluding carboxylic acids is 2. The van der Waals surface area contributed by atoms with Gasteiger partial charge in [-0.15, -0.1) is 0 Å². The second-order valence-corrected chi connectivity index (χ2v) is 8.56. The van der Waals surface area contributed by atoms with Gasteiger partial charge < -0.3 is 14.5 Å². The van der Waals surface area contributed by atoms with Crippen LogP contribution in [0.5, 0.6) is 11.5 Å². The maximum absolute atomic E-state index is 13.1. The minimum absolute atomic E-state index is 0.0325. The molecule has 0 bridgehead atoms. The van der Waals surface area contributed by atoms with Gasteiger partial charge in [0.2, 0.25) is 5.91 Å². The molecule has 1 saturated carbocycles. The minimum Gasteiger partial charge on any atom is -0.457 e. The Kier molecular flexibility index (Phi) is 5.82. The molecule has 2 unspecified atom stereocenters. The first-order chi connectivity index (χ1) is 16.1. The third-order valence-electron chi connectivity index (χ3n) is 6.36. The zero-order chi connectivity index (χ0) is 22.8. The van der Waals surface area contributed by atoms with Crippen LogP contribution in [-0.4, -0.2) is 47.8 Å². The van der Waals surface area contributed by atoms with Crippen molar-refractivity contribution in [2.45, 2.75) is 12.3 Å². The second-order valence-electron chi connectivity index (χ2n) is 8.56. The van der Waals surface area contributed by atoms with Gasteiger partial charge in [-0.25, -0.2) is 4.39 Å². The van der Waals surface area contributed by atoms with E-state index in [-0.39, 0.29) is 29.5 Å². The van der Waals surface area contributed by atoms with Crippen LogP contribution in [0.4, 0.5) is 4.39 Å². The average molecular weight is 445 g/mol. The van der Waals surface area contributed by atoms with Crippen molar-refractivity contribution in [3.63, 3.8) is 0 Å². The predicted octanol–water partition coefficient (Wildman–Crippen LogP) is 4.71. The number of nitrogens with zero attached hydrogens (tertiary/aromatic N) is 2. The maximum Gasteiger partial charge on any atom is 0.253 e. The molecule has 0 aromatic heterocycles. The molecule has 1 aliphatic carbocycles. The van der Waals surface area contributed by atoms with Crippen molar-refractivity contribution in [1.82, 2.24) is 9.80 Å². The molecule has 1 heterocycles. The summed E-state index contributed by atoms with van der Waals surface area (Å²) in [4.78, 5) is 29.4. The number of rotatable bonds is 5. The predicted molar refractivity (Wildman–Crippen MR) is 123 cm³/mol. The molecule has 2 amide bonds. The molecule has 168 valence electrons. The van der Waals surface area contributed by atoms with Gasteiger partial charge in [-0.2, -0.15) is 0 Å². The minimum atomic E-state index is -0.263. The van der Waals surface area contributed by atoms with Crippen LogP contribution in [0, 0.1) is 11.7 Å². The third kappa shape index (κ3) is 4.75. The summed E-state index contributed by atoms with van der Waals surface area (Å²) in [6, 6.07) is 23.0. The van der Waals surface area contributed by atoms with Crippen molar-refractivity contribution in [2.75, 3.05) is 26.2 Å². The largest absolute Gasteiger partial charge is 0.457 e. The van der Waals surface area contributed by atoms with Gasteiger partial charge in [-0.1, -0.05) is 30.3 Å². The van der Waals surface area contributed by atoms with Gasteiger partial charge in [0.25, 0.3) is 5.91 Å². The Bertz CT molecular complexity index is 1120. The van der Waals surface area contributed by atoms with Crippen molar-refractivity contribution >= 4 is 11.8 Å². The number of amides is 2. The normalized spacial score (nSPS) is 19.8. The molecular formula is C27H25FN2O3. The topological polar surface area (TPSA) is 49.9 Å². The van der Waals surface area contributed by atoms with E-state index >= 15 is 0 Å². The summed E-state index contributed by atoms with van der Waals surface area (Å²) in [5.74, 6) is 1.40. The van der Waals surface area contributed by atoms with E-state index in [1.54, 1.807) is 41.3 Å². The Morgan fingerprint density at radius 3 is 2.03 bits per heavy atom. The van der Waals surface area contributed by atoms with E-state index in [9.17, 15) is 14.0 Å². The molecule has 0 radical (unpaired) electrons. The van der Waals surface area contributed by atoms with E-state index in [2.05, 4.69) is 0 Å². The molecule has 5 nitrogen and oxygen atoms in total. The summed E-state index contributed by atoms with van der Waals surface area (Å²) in [5, 5.41) is 0. The summed E-state index contributed by atoms with van der Waals surface area (Å²) in [5.41, 5.74) is 1.62. The highest BCUT2D eigenvalue weighted by Crippen LogP contribution is 2.48. The van der Waals surface area contributed by atoms with Gasteiger partial charge in [-0.05, 0) is 66.4 Å². The van der Waals surface area contributed by atoms with Crippen molar-refractivity contribution in [3.8, 4) is 11.5 Å². The van der Waals surface area contributed by atoms with Crippen molar-refractivity contribution in [3.05, 3.63) is 95.8 Å². The zero-order valence-corrected chi connectivity index (χ0v) is 18.2. The molecule has 0 spiro atoms. The number of halogens is 1. The third-order valence-corrected chi connectivity index (χ3v) is 6.36. The fraction of sp³-hybridized carbons (Fsp3) is 0.259. The number of carbonyl (C=O) groups is 2. The van der Waals surface area contributed by atoms with Crippen molar-refractivity contribution in [2.24, 2.45) is 5.92 Å². The molecule has 5 rings (SSSR count). The number of hydrogen-bond acceptors (Lipinski definition) is 3. The average Bonchev–Trinajstić information content (AvgIpc) is 3.66. The molecule has 6 heteroatoms. The van der Waals surface area contributed by atoms with Gasteiger partial charge >= 0.3 is 0 Å². The molecule has 1 saturated heterocycles. The van der Waals surface area contributed by atoms with Crippen molar-refractivity contribution in [1.29, 1.82) is 0 Å². The number of hydrogen-bond donors (Lipinski definition) is 0. The summed E-state index contributed by atoms with van der Waals surface area (Å²) < 4.78 is 18.9. The van der Waals surface area contributed by atoms with Crippen LogP contribution in [0.3, 0.4) is 0 Å². The smallest absolute Gasteiger partial charge is 0.253 e. The Morgan fingerprint density at radius 1 is 0.758 bits per heavy atom. The number of benzene rings is 3. The second kappa shape index (κ2) is 9.06. The quantitative estimate of drug-likeness (QED) is 0.573. The van der Waals surface area contributed by atoms with Crippen LogP contribution in [-0.2, 0) is 4.79 Å². The van der Waals surface area contributed by atoms with E-state index in [1.165, 1.54) is 12.1 Å². The first kappa shape index (κ1) is 21.2. The van der Waals surface area contributed by atoms with E-state index in [0.29, 0.717) is 37.5 Å². The molecule has 3 aromatic carbocycles. The number of piperazine rings is 1. The Morgan fingerprint density at radius 2 is 1.36 bits per heavy atom. The first-order valence-electron chi connectivity index (χ1n) is 11.2. The lowest BCUT2D eigenvalue weighted by Gasteiger charge is -2.35. The number of para-hydroxylation sites is 1. The van der Waals surface area contributed by atoms with Crippen LogP contribution in [0.25, 0.3) is 0 Å². The Hall–Kier alpha value is -3.67. The molecule has 2 aliphatic rings. The SMILES string of the molecule is O=C(c1ccc(Oc2ccccc2)cc1)N1CCN(C(=O)C2CC2c2ccc(F)cc2)CC1. The van der Waals surface area contributed by atoms with Gasteiger partial charge in [0.15, 0.2) is 0 Å². The van der Waals surface area contributed by atoms with Gasteiger partial charge in [0.1, 0.15) is 17.3 Å². The van der Waals surface area contributed by atoms with Crippen LogP contribution < -0.4 is 4.74 Å². The zero-order valence-electron chi connectivity index (χ0n) is 18.2. The van der Waals surface area contributed by atoms with Crippen molar-refractivity contribution < 1.29 is 18.7 Å². The summed E-state index contributed by atoms with van der Waals surface area (Å²) >= 11 is 0. The summed E-state index contributed by atoms with van der Waals surface area (Å²) in [6.07, 6.45) is 0.807. The molecule has 0 N–H and O–H groups in total.